The highest BCUT2D eigenvalue weighted by Crippen LogP contribution is 2.28. The van der Waals surface area contributed by atoms with Crippen LogP contribution >= 0.6 is 0 Å². The van der Waals surface area contributed by atoms with Gasteiger partial charge in [0.2, 0.25) is 5.91 Å². The SMILES string of the molecule is C[C@@H](N)C(=O)NCCC1CCC1. The van der Waals surface area contributed by atoms with E-state index in [0.29, 0.717) is 0 Å². The fraction of sp³-hybridized carbons (Fsp3) is 0.889. The van der Waals surface area contributed by atoms with Gasteiger partial charge in [0.1, 0.15) is 0 Å². The van der Waals surface area contributed by atoms with E-state index in [0.717, 1.165) is 18.9 Å². The molecule has 1 aliphatic carbocycles. The van der Waals surface area contributed by atoms with E-state index in [9.17, 15) is 4.79 Å². The molecule has 0 aromatic rings. The molecular formula is C9H18N2O. The zero-order chi connectivity index (χ0) is 8.97. The Hall–Kier alpha value is -0.570. The van der Waals surface area contributed by atoms with Crippen molar-refractivity contribution in [1.29, 1.82) is 0 Å². The lowest BCUT2D eigenvalue weighted by Crippen LogP contribution is -2.39. The van der Waals surface area contributed by atoms with E-state index in [1.54, 1.807) is 6.92 Å². The molecule has 3 nitrogen and oxygen atoms in total. The van der Waals surface area contributed by atoms with Gasteiger partial charge in [-0.2, -0.15) is 0 Å². The van der Waals surface area contributed by atoms with Crippen molar-refractivity contribution in [3.05, 3.63) is 0 Å². The second-order valence-corrected chi connectivity index (χ2v) is 3.67. The van der Waals surface area contributed by atoms with Crippen LogP contribution in [0, 0.1) is 5.92 Å². The number of amides is 1. The summed E-state index contributed by atoms with van der Waals surface area (Å²) in [5, 5.41) is 2.82. The number of carbonyl (C=O) groups excluding carboxylic acids is 1. The molecule has 1 amide bonds. The molecule has 0 aliphatic heterocycles. The average Bonchev–Trinajstić information content (AvgIpc) is 1.93. The molecule has 0 radical (unpaired) electrons. The van der Waals surface area contributed by atoms with Crippen molar-refractivity contribution in [2.75, 3.05) is 6.54 Å². The standard InChI is InChI=1S/C9H18N2O/c1-7(10)9(12)11-6-5-8-3-2-4-8/h7-8H,2-6,10H2,1H3,(H,11,12)/t7-/m1/s1. The maximum Gasteiger partial charge on any atom is 0.236 e. The van der Waals surface area contributed by atoms with E-state index in [1.165, 1.54) is 19.3 Å². The lowest BCUT2D eigenvalue weighted by molar-refractivity contribution is -0.122. The monoisotopic (exact) mass is 170 g/mol. The molecule has 1 saturated carbocycles. The summed E-state index contributed by atoms with van der Waals surface area (Å²) in [6.07, 6.45) is 5.17. The minimum Gasteiger partial charge on any atom is -0.355 e. The third kappa shape index (κ3) is 2.81. The summed E-state index contributed by atoms with van der Waals surface area (Å²) >= 11 is 0. The maximum absolute atomic E-state index is 11.0. The number of nitrogens with one attached hydrogen (secondary N) is 1. The molecule has 0 heterocycles. The Morgan fingerprint density at radius 2 is 2.33 bits per heavy atom. The van der Waals surface area contributed by atoms with Gasteiger partial charge in [-0.1, -0.05) is 19.3 Å². The summed E-state index contributed by atoms with van der Waals surface area (Å²) in [7, 11) is 0. The minimum absolute atomic E-state index is 0.0330. The zero-order valence-corrected chi connectivity index (χ0v) is 7.68. The molecule has 0 aromatic heterocycles. The Morgan fingerprint density at radius 3 is 2.75 bits per heavy atom. The van der Waals surface area contributed by atoms with Gasteiger partial charge in [0, 0.05) is 6.54 Å². The number of rotatable bonds is 4. The normalized spacial score (nSPS) is 19.8. The van der Waals surface area contributed by atoms with Crippen molar-refractivity contribution in [3.63, 3.8) is 0 Å². The third-order valence-corrected chi connectivity index (χ3v) is 2.49. The Labute approximate surface area is 73.7 Å². The second kappa shape index (κ2) is 4.45. The highest BCUT2D eigenvalue weighted by molar-refractivity contribution is 5.80. The van der Waals surface area contributed by atoms with Gasteiger partial charge in [-0.15, -0.1) is 0 Å². The quantitative estimate of drug-likeness (QED) is 0.650. The number of hydrogen-bond acceptors (Lipinski definition) is 2. The molecule has 3 N–H and O–H groups in total. The van der Waals surface area contributed by atoms with Crippen LogP contribution in [0.3, 0.4) is 0 Å². The van der Waals surface area contributed by atoms with Crippen LogP contribution in [-0.2, 0) is 4.79 Å². The van der Waals surface area contributed by atoms with Gasteiger partial charge in [0.15, 0.2) is 0 Å². The predicted octanol–water partition coefficient (Wildman–Crippen LogP) is 0.640. The summed E-state index contributed by atoms with van der Waals surface area (Å²) in [6.45, 7) is 2.50. The summed E-state index contributed by atoms with van der Waals surface area (Å²) in [6, 6.07) is -0.369. The van der Waals surface area contributed by atoms with Crippen LogP contribution < -0.4 is 11.1 Å². The Morgan fingerprint density at radius 1 is 1.67 bits per heavy atom. The topological polar surface area (TPSA) is 55.1 Å². The lowest BCUT2D eigenvalue weighted by atomic mass is 9.83. The highest BCUT2D eigenvalue weighted by Gasteiger charge is 2.17. The van der Waals surface area contributed by atoms with E-state index in [4.69, 9.17) is 5.73 Å². The Kier molecular flexibility index (Phi) is 3.53. The third-order valence-electron chi connectivity index (χ3n) is 2.49. The zero-order valence-electron chi connectivity index (χ0n) is 7.68. The first kappa shape index (κ1) is 9.52. The maximum atomic E-state index is 11.0. The lowest BCUT2D eigenvalue weighted by Gasteiger charge is -2.25. The van der Waals surface area contributed by atoms with Crippen molar-refractivity contribution < 1.29 is 4.79 Å². The highest BCUT2D eigenvalue weighted by atomic mass is 16.2. The van der Waals surface area contributed by atoms with Gasteiger partial charge in [-0.25, -0.2) is 0 Å². The van der Waals surface area contributed by atoms with Gasteiger partial charge in [-0.05, 0) is 19.3 Å². The number of hydrogen-bond donors (Lipinski definition) is 2. The molecule has 0 unspecified atom stereocenters. The molecule has 1 rings (SSSR count). The summed E-state index contributed by atoms with van der Waals surface area (Å²) in [5.41, 5.74) is 5.39. The molecule has 12 heavy (non-hydrogen) atoms. The minimum atomic E-state index is -0.369. The van der Waals surface area contributed by atoms with E-state index in [-0.39, 0.29) is 11.9 Å². The second-order valence-electron chi connectivity index (χ2n) is 3.67. The molecular weight excluding hydrogens is 152 g/mol. The molecule has 0 bridgehead atoms. The van der Waals surface area contributed by atoms with Gasteiger partial charge in [0.25, 0.3) is 0 Å². The summed E-state index contributed by atoms with van der Waals surface area (Å²) < 4.78 is 0. The smallest absolute Gasteiger partial charge is 0.236 e. The number of carbonyl (C=O) groups is 1. The molecule has 0 spiro atoms. The van der Waals surface area contributed by atoms with Crippen LogP contribution in [0.5, 0.6) is 0 Å². The van der Waals surface area contributed by atoms with Crippen molar-refractivity contribution in [2.24, 2.45) is 11.7 Å². The predicted molar refractivity (Wildman–Crippen MR) is 48.6 cm³/mol. The Bertz CT molecular complexity index is 153. The number of nitrogens with two attached hydrogens (primary N) is 1. The molecule has 1 fully saturated rings. The van der Waals surface area contributed by atoms with E-state index < -0.39 is 0 Å². The largest absolute Gasteiger partial charge is 0.355 e. The van der Waals surface area contributed by atoms with Crippen LogP contribution in [0.4, 0.5) is 0 Å². The van der Waals surface area contributed by atoms with Crippen molar-refractivity contribution >= 4 is 5.91 Å². The molecule has 0 saturated heterocycles. The fourth-order valence-corrected chi connectivity index (χ4v) is 1.34. The molecule has 1 atom stereocenters. The first-order valence-electron chi connectivity index (χ1n) is 4.73. The molecule has 70 valence electrons. The van der Waals surface area contributed by atoms with Crippen LogP contribution in [-0.4, -0.2) is 18.5 Å². The van der Waals surface area contributed by atoms with Crippen LogP contribution in [0.15, 0.2) is 0 Å². The Balaban J connectivity index is 1.97. The molecule has 0 aromatic carbocycles. The molecule has 3 heteroatoms. The first-order valence-corrected chi connectivity index (χ1v) is 4.73. The first-order chi connectivity index (χ1) is 5.70. The van der Waals surface area contributed by atoms with Gasteiger partial charge in [-0.3, -0.25) is 4.79 Å². The van der Waals surface area contributed by atoms with E-state index in [2.05, 4.69) is 5.32 Å². The van der Waals surface area contributed by atoms with Gasteiger partial charge >= 0.3 is 0 Å². The van der Waals surface area contributed by atoms with Crippen molar-refractivity contribution in [1.82, 2.24) is 5.32 Å². The van der Waals surface area contributed by atoms with Crippen LogP contribution in [0.1, 0.15) is 32.6 Å². The molecule has 1 aliphatic rings. The van der Waals surface area contributed by atoms with Crippen LogP contribution in [0.25, 0.3) is 0 Å². The van der Waals surface area contributed by atoms with E-state index >= 15 is 0 Å². The van der Waals surface area contributed by atoms with Gasteiger partial charge in [0.05, 0.1) is 6.04 Å². The average molecular weight is 170 g/mol. The van der Waals surface area contributed by atoms with Gasteiger partial charge < -0.3 is 11.1 Å². The van der Waals surface area contributed by atoms with E-state index in [1.807, 2.05) is 0 Å². The van der Waals surface area contributed by atoms with Crippen LogP contribution in [0.2, 0.25) is 0 Å². The summed E-state index contributed by atoms with van der Waals surface area (Å²) in [5.74, 6) is 0.827. The fourth-order valence-electron chi connectivity index (χ4n) is 1.34. The van der Waals surface area contributed by atoms with Crippen molar-refractivity contribution in [2.45, 2.75) is 38.6 Å². The summed E-state index contributed by atoms with van der Waals surface area (Å²) in [4.78, 5) is 11.0. The van der Waals surface area contributed by atoms with Crippen molar-refractivity contribution in [3.8, 4) is 0 Å².